The van der Waals surface area contributed by atoms with Crippen LogP contribution in [-0.4, -0.2) is 30.0 Å². The van der Waals surface area contributed by atoms with Crippen LogP contribution in [0.4, 0.5) is 0 Å². The third-order valence-corrected chi connectivity index (χ3v) is 3.96. The second kappa shape index (κ2) is 8.33. The van der Waals surface area contributed by atoms with Gasteiger partial charge in [-0.3, -0.25) is 0 Å². The van der Waals surface area contributed by atoms with Crippen LogP contribution in [0.3, 0.4) is 0 Å². The molecule has 0 unspecified atom stereocenters. The van der Waals surface area contributed by atoms with Gasteiger partial charge in [0.1, 0.15) is 0 Å². The van der Waals surface area contributed by atoms with Crippen LogP contribution in [-0.2, 0) is 4.74 Å². The summed E-state index contributed by atoms with van der Waals surface area (Å²) in [7, 11) is 0. The van der Waals surface area contributed by atoms with Crippen molar-refractivity contribution < 1.29 is 14.9 Å². The molecule has 104 valence electrons. The van der Waals surface area contributed by atoms with E-state index in [-0.39, 0.29) is 36.9 Å². The monoisotopic (exact) mass is 254 g/mol. The lowest BCUT2D eigenvalue weighted by Crippen LogP contribution is -2.23. The molecule has 1 aliphatic rings. The van der Waals surface area contributed by atoms with E-state index in [1.807, 2.05) is 12.2 Å². The van der Waals surface area contributed by atoms with Crippen LogP contribution in [0.15, 0.2) is 25.0 Å². The van der Waals surface area contributed by atoms with E-state index in [0.717, 1.165) is 25.9 Å². The van der Waals surface area contributed by atoms with Crippen LogP contribution < -0.4 is 0 Å². The lowest BCUT2D eigenvalue weighted by Gasteiger charge is -2.20. The van der Waals surface area contributed by atoms with E-state index < -0.39 is 0 Å². The van der Waals surface area contributed by atoms with Crippen molar-refractivity contribution in [1.29, 1.82) is 0 Å². The van der Waals surface area contributed by atoms with Gasteiger partial charge in [0.15, 0.2) is 0 Å². The Bertz CT molecular complexity index is 262. The van der Waals surface area contributed by atoms with E-state index in [2.05, 4.69) is 13.5 Å². The van der Waals surface area contributed by atoms with E-state index in [1.54, 1.807) is 6.26 Å². The fourth-order valence-corrected chi connectivity index (χ4v) is 2.78. The van der Waals surface area contributed by atoms with Gasteiger partial charge < -0.3 is 14.9 Å². The Hall–Kier alpha value is -0.800. The molecule has 1 rings (SSSR count). The van der Waals surface area contributed by atoms with Crippen LogP contribution in [0.25, 0.3) is 0 Å². The molecule has 3 heteroatoms. The summed E-state index contributed by atoms with van der Waals surface area (Å²) in [6.07, 6.45) is 8.81. The highest BCUT2D eigenvalue weighted by molar-refractivity contribution is 5.03. The molecule has 0 radical (unpaired) electrons. The van der Waals surface area contributed by atoms with E-state index in [1.165, 1.54) is 0 Å². The minimum Gasteiger partial charge on any atom is -0.502 e. The Kier molecular flexibility index (Phi) is 7.06. The molecule has 3 nitrogen and oxygen atoms in total. The van der Waals surface area contributed by atoms with Gasteiger partial charge >= 0.3 is 0 Å². The molecule has 0 aromatic carbocycles. The molecule has 1 saturated carbocycles. The molecule has 4 atom stereocenters. The Morgan fingerprint density at radius 2 is 1.89 bits per heavy atom. The highest BCUT2D eigenvalue weighted by Crippen LogP contribution is 2.42. The Morgan fingerprint density at radius 3 is 2.44 bits per heavy atom. The Balaban J connectivity index is 2.51. The van der Waals surface area contributed by atoms with Crippen LogP contribution >= 0.6 is 0 Å². The van der Waals surface area contributed by atoms with Crippen LogP contribution in [0.2, 0.25) is 0 Å². The number of ether oxygens (including phenoxy) is 1. The van der Waals surface area contributed by atoms with Gasteiger partial charge in [0, 0.05) is 13.2 Å². The van der Waals surface area contributed by atoms with Crippen molar-refractivity contribution in [2.45, 2.75) is 26.2 Å². The fraction of sp³-hybridized carbons (Fsp3) is 0.733. The maximum Gasteiger partial charge on any atom is 0.0873 e. The molecule has 0 heterocycles. The van der Waals surface area contributed by atoms with Crippen molar-refractivity contribution in [2.24, 2.45) is 23.7 Å². The van der Waals surface area contributed by atoms with Crippen molar-refractivity contribution in [3.63, 3.8) is 0 Å². The topological polar surface area (TPSA) is 49.7 Å². The van der Waals surface area contributed by atoms with Gasteiger partial charge in [-0.25, -0.2) is 0 Å². The zero-order valence-electron chi connectivity index (χ0n) is 11.3. The minimum atomic E-state index is 0.111. The molecule has 1 fully saturated rings. The highest BCUT2D eigenvalue weighted by atomic mass is 16.5. The molecule has 2 N–H and O–H groups in total. The summed E-state index contributed by atoms with van der Waals surface area (Å²) in [5.74, 6) is 0.802. The molecule has 0 bridgehead atoms. The summed E-state index contributed by atoms with van der Waals surface area (Å²) in [6, 6.07) is 0. The van der Waals surface area contributed by atoms with Gasteiger partial charge in [-0.1, -0.05) is 19.4 Å². The van der Waals surface area contributed by atoms with E-state index in [9.17, 15) is 10.2 Å². The number of aliphatic hydroxyl groups is 2. The normalized spacial score (nSPS) is 31.9. The van der Waals surface area contributed by atoms with Crippen molar-refractivity contribution in [1.82, 2.24) is 0 Å². The molecule has 0 saturated heterocycles. The summed E-state index contributed by atoms with van der Waals surface area (Å²) in [5.41, 5.74) is 0. The van der Waals surface area contributed by atoms with Crippen molar-refractivity contribution in [2.75, 3.05) is 19.8 Å². The number of unbranched alkanes of at least 4 members (excludes halogenated alkanes) is 1. The van der Waals surface area contributed by atoms with Gasteiger partial charge in [0.2, 0.25) is 0 Å². The maximum atomic E-state index is 9.47. The lowest BCUT2D eigenvalue weighted by atomic mass is 9.88. The zero-order chi connectivity index (χ0) is 13.4. The Morgan fingerprint density at radius 1 is 1.22 bits per heavy atom. The molecular formula is C15H26O3. The smallest absolute Gasteiger partial charge is 0.0873 e. The van der Waals surface area contributed by atoms with Crippen LogP contribution in [0.5, 0.6) is 0 Å². The van der Waals surface area contributed by atoms with Crippen molar-refractivity contribution in [3.8, 4) is 0 Å². The van der Waals surface area contributed by atoms with Gasteiger partial charge in [0.05, 0.1) is 12.9 Å². The van der Waals surface area contributed by atoms with Crippen molar-refractivity contribution in [3.05, 3.63) is 25.0 Å². The number of rotatable bonds is 8. The summed E-state index contributed by atoms with van der Waals surface area (Å²) >= 11 is 0. The van der Waals surface area contributed by atoms with E-state index in [4.69, 9.17) is 4.74 Å². The first-order valence-electron chi connectivity index (χ1n) is 6.91. The first-order valence-corrected chi connectivity index (χ1v) is 6.91. The predicted molar refractivity (Wildman–Crippen MR) is 72.9 cm³/mol. The molecule has 0 aliphatic heterocycles. The van der Waals surface area contributed by atoms with Crippen molar-refractivity contribution >= 4 is 0 Å². The minimum absolute atomic E-state index is 0.111. The zero-order valence-corrected chi connectivity index (χ0v) is 11.3. The molecular weight excluding hydrogens is 228 g/mol. The third-order valence-electron chi connectivity index (χ3n) is 3.96. The molecule has 0 amide bonds. The Labute approximate surface area is 110 Å². The van der Waals surface area contributed by atoms with E-state index >= 15 is 0 Å². The van der Waals surface area contributed by atoms with Crippen LogP contribution in [0, 0.1) is 23.7 Å². The quantitative estimate of drug-likeness (QED) is 0.397. The molecule has 1 aliphatic carbocycles. The predicted octanol–water partition coefficient (Wildman–Crippen LogP) is 2.36. The maximum absolute atomic E-state index is 9.47. The van der Waals surface area contributed by atoms with Gasteiger partial charge in [-0.15, -0.1) is 6.58 Å². The lowest BCUT2D eigenvalue weighted by molar-refractivity contribution is 0.117. The molecule has 0 aromatic rings. The molecule has 0 spiro atoms. The molecule has 18 heavy (non-hydrogen) atoms. The van der Waals surface area contributed by atoms with Crippen LogP contribution in [0.1, 0.15) is 26.2 Å². The van der Waals surface area contributed by atoms with Gasteiger partial charge in [0.25, 0.3) is 0 Å². The number of aliphatic hydroxyl groups excluding tert-OH is 2. The second-order valence-corrected chi connectivity index (χ2v) is 5.04. The standard InChI is InChI=1S/C15H26O3/c1-3-5-7-18-8-6-13-9-12(4-2)14(10-16)15(13)11-17/h4,6,8,12-17H,2-3,5,7,9-11H2,1H3/t12-,13+,14+,15-/m1/s1. The fourth-order valence-electron chi connectivity index (χ4n) is 2.78. The number of allylic oxidation sites excluding steroid dienone is 2. The highest BCUT2D eigenvalue weighted by Gasteiger charge is 2.39. The summed E-state index contributed by atoms with van der Waals surface area (Å²) in [4.78, 5) is 0. The SMILES string of the molecule is C=C[C@@H]1C[C@H](C=COCCCC)[C@@H](CO)[C@H]1CO. The number of hydrogen-bond acceptors (Lipinski definition) is 3. The van der Waals surface area contributed by atoms with Gasteiger partial charge in [-0.2, -0.15) is 0 Å². The third kappa shape index (κ3) is 3.85. The first-order chi connectivity index (χ1) is 8.78. The molecule has 0 aromatic heterocycles. The van der Waals surface area contributed by atoms with Gasteiger partial charge in [-0.05, 0) is 42.6 Å². The summed E-state index contributed by atoms with van der Waals surface area (Å²) < 4.78 is 5.42. The first kappa shape index (κ1) is 15.3. The average molecular weight is 254 g/mol. The largest absolute Gasteiger partial charge is 0.502 e. The average Bonchev–Trinajstić information content (AvgIpc) is 2.75. The number of hydrogen-bond donors (Lipinski definition) is 2. The summed E-state index contributed by atoms with van der Waals surface area (Å²) in [5, 5.41) is 18.9. The second-order valence-electron chi connectivity index (χ2n) is 5.04. The van der Waals surface area contributed by atoms with E-state index in [0.29, 0.717) is 0 Å². The summed E-state index contributed by atoms with van der Waals surface area (Å²) in [6.45, 7) is 6.92.